The van der Waals surface area contributed by atoms with Gasteiger partial charge in [-0.1, -0.05) is 17.7 Å². The summed E-state index contributed by atoms with van der Waals surface area (Å²) in [5.74, 6) is 0.126. The van der Waals surface area contributed by atoms with Gasteiger partial charge in [0.1, 0.15) is 5.75 Å². The molecule has 2 aliphatic rings. The average molecular weight is 501 g/mol. The van der Waals surface area contributed by atoms with Gasteiger partial charge in [-0.15, -0.1) is 0 Å². The summed E-state index contributed by atoms with van der Waals surface area (Å²) >= 11 is 0. The molecular formula is C25H32N4O5S. The van der Waals surface area contributed by atoms with E-state index in [9.17, 15) is 18.0 Å². The van der Waals surface area contributed by atoms with Crippen molar-refractivity contribution in [2.75, 3.05) is 57.8 Å². The lowest BCUT2D eigenvalue weighted by Gasteiger charge is -2.34. The van der Waals surface area contributed by atoms with Crippen molar-refractivity contribution in [3.63, 3.8) is 0 Å². The number of carbonyl (C=O) groups is 2. The number of nitrogens with one attached hydrogen (secondary N) is 1. The Hall–Kier alpha value is -2.95. The van der Waals surface area contributed by atoms with Crippen LogP contribution in [0.2, 0.25) is 0 Å². The van der Waals surface area contributed by atoms with Crippen LogP contribution in [-0.4, -0.2) is 82.4 Å². The molecule has 2 fully saturated rings. The lowest BCUT2D eigenvalue weighted by molar-refractivity contribution is -0.126. The number of nitrogens with zero attached hydrogens (tertiary/aromatic N) is 3. The van der Waals surface area contributed by atoms with Gasteiger partial charge in [-0.2, -0.15) is 4.31 Å². The lowest BCUT2D eigenvalue weighted by Crippen LogP contribution is -2.50. The van der Waals surface area contributed by atoms with Crippen molar-refractivity contribution in [1.29, 1.82) is 0 Å². The highest BCUT2D eigenvalue weighted by molar-refractivity contribution is 7.89. The Morgan fingerprint density at radius 3 is 2.31 bits per heavy atom. The van der Waals surface area contributed by atoms with Gasteiger partial charge in [0.2, 0.25) is 21.8 Å². The molecule has 0 aliphatic carbocycles. The number of amides is 2. The SMILES string of the molecule is COc1ccc(N2CC(C(=O)NCCN3CCN(S(=O)(=O)c4ccc(C)cc4)CC3)CC2=O)cc1. The topological polar surface area (TPSA) is 99.3 Å². The summed E-state index contributed by atoms with van der Waals surface area (Å²) in [6, 6.07) is 14.1. The first kappa shape index (κ1) is 25.2. The van der Waals surface area contributed by atoms with Crippen LogP contribution in [0.3, 0.4) is 0 Å². The second kappa shape index (κ2) is 10.8. The predicted molar refractivity (Wildman–Crippen MR) is 133 cm³/mol. The number of hydrogen-bond donors (Lipinski definition) is 1. The van der Waals surface area contributed by atoms with Crippen molar-refractivity contribution in [1.82, 2.24) is 14.5 Å². The number of sulfonamides is 1. The highest BCUT2D eigenvalue weighted by Gasteiger charge is 2.35. The fraction of sp³-hybridized carbons (Fsp3) is 0.440. The molecular weight excluding hydrogens is 468 g/mol. The normalized spacial score (nSPS) is 19.7. The average Bonchev–Trinajstić information content (AvgIpc) is 3.26. The minimum Gasteiger partial charge on any atom is -0.497 e. The number of methoxy groups -OCH3 is 1. The summed E-state index contributed by atoms with van der Waals surface area (Å²) in [6.07, 6.45) is 0.188. The molecule has 0 radical (unpaired) electrons. The van der Waals surface area contributed by atoms with E-state index in [1.54, 1.807) is 48.4 Å². The van der Waals surface area contributed by atoms with Crippen molar-refractivity contribution in [2.24, 2.45) is 5.92 Å². The van der Waals surface area contributed by atoms with Crippen LogP contribution in [0, 0.1) is 12.8 Å². The third-order valence-electron chi connectivity index (χ3n) is 6.60. The van der Waals surface area contributed by atoms with Crippen molar-refractivity contribution < 1.29 is 22.7 Å². The quantitative estimate of drug-likeness (QED) is 0.590. The van der Waals surface area contributed by atoms with Gasteiger partial charge in [0.15, 0.2) is 0 Å². The van der Waals surface area contributed by atoms with E-state index in [2.05, 4.69) is 10.2 Å². The van der Waals surface area contributed by atoms with Crippen LogP contribution in [0.1, 0.15) is 12.0 Å². The van der Waals surface area contributed by atoms with E-state index in [1.165, 1.54) is 4.31 Å². The zero-order valence-corrected chi connectivity index (χ0v) is 21.0. The number of rotatable bonds is 8. The molecule has 4 rings (SSSR count). The van der Waals surface area contributed by atoms with Gasteiger partial charge in [0.05, 0.1) is 17.9 Å². The molecule has 2 aromatic carbocycles. The maximum atomic E-state index is 12.9. The molecule has 2 aliphatic heterocycles. The van der Waals surface area contributed by atoms with Crippen LogP contribution in [-0.2, 0) is 19.6 Å². The van der Waals surface area contributed by atoms with Crippen LogP contribution in [0.25, 0.3) is 0 Å². The van der Waals surface area contributed by atoms with Crippen LogP contribution in [0.15, 0.2) is 53.4 Å². The summed E-state index contributed by atoms with van der Waals surface area (Å²) in [5.41, 5.74) is 1.77. The fourth-order valence-electron chi connectivity index (χ4n) is 4.43. The first-order valence-corrected chi connectivity index (χ1v) is 13.2. The first-order chi connectivity index (χ1) is 16.8. The highest BCUT2D eigenvalue weighted by atomic mass is 32.2. The third kappa shape index (κ3) is 5.83. The van der Waals surface area contributed by atoms with Crippen LogP contribution < -0.4 is 15.0 Å². The Labute approximate surface area is 206 Å². The Kier molecular flexibility index (Phi) is 7.73. The zero-order valence-electron chi connectivity index (χ0n) is 20.1. The number of carbonyl (C=O) groups excluding carboxylic acids is 2. The smallest absolute Gasteiger partial charge is 0.243 e. The van der Waals surface area contributed by atoms with Gasteiger partial charge in [0, 0.05) is 57.9 Å². The van der Waals surface area contributed by atoms with Crippen LogP contribution >= 0.6 is 0 Å². The largest absolute Gasteiger partial charge is 0.497 e. The molecule has 35 heavy (non-hydrogen) atoms. The standard InChI is InChI=1S/C25H32N4O5S/c1-19-3-9-23(10-4-19)35(32,33)28-15-13-27(14-16-28)12-11-26-25(31)20-17-24(30)29(18-20)21-5-7-22(34-2)8-6-21/h3-10,20H,11-18H2,1-2H3,(H,26,31). The Balaban J connectivity index is 1.21. The van der Waals surface area contributed by atoms with Gasteiger partial charge in [0.25, 0.3) is 0 Å². The van der Waals surface area contributed by atoms with E-state index >= 15 is 0 Å². The van der Waals surface area contributed by atoms with Crippen LogP contribution in [0.5, 0.6) is 5.75 Å². The Bertz CT molecular complexity index is 1140. The molecule has 0 saturated carbocycles. The highest BCUT2D eigenvalue weighted by Crippen LogP contribution is 2.27. The molecule has 1 atom stereocenters. The summed E-state index contributed by atoms with van der Waals surface area (Å²) in [4.78, 5) is 29.2. The van der Waals surface area contributed by atoms with Gasteiger partial charge in [-0.3, -0.25) is 14.5 Å². The molecule has 2 heterocycles. The molecule has 1 N–H and O–H groups in total. The van der Waals surface area contributed by atoms with E-state index in [1.807, 2.05) is 19.1 Å². The van der Waals surface area contributed by atoms with E-state index in [-0.39, 0.29) is 24.2 Å². The Morgan fingerprint density at radius 2 is 1.69 bits per heavy atom. The second-order valence-corrected chi connectivity index (χ2v) is 10.9. The van der Waals surface area contributed by atoms with Crippen molar-refractivity contribution >= 4 is 27.5 Å². The first-order valence-electron chi connectivity index (χ1n) is 11.8. The Morgan fingerprint density at radius 1 is 1.03 bits per heavy atom. The summed E-state index contributed by atoms with van der Waals surface area (Å²) in [7, 11) is -1.90. The zero-order chi connectivity index (χ0) is 25.0. The number of anilines is 1. The molecule has 188 valence electrons. The van der Waals surface area contributed by atoms with E-state index in [4.69, 9.17) is 4.74 Å². The van der Waals surface area contributed by atoms with Crippen molar-refractivity contribution in [2.45, 2.75) is 18.2 Å². The maximum absolute atomic E-state index is 12.9. The molecule has 0 bridgehead atoms. The molecule has 10 heteroatoms. The second-order valence-electron chi connectivity index (χ2n) is 8.95. The predicted octanol–water partition coefficient (Wildman–Crippen LogP) is 1.48. The number of aryl methyl sites for hydroxylation is 1. The minimum atomic E-state index is -3.49. The van der Waals surface area contributed by atoms with Gasteiger partial charge >= 0.3 is 0 Å². The number of ether oxygens (including phenoxy) is 1. The summed E-state index contributed by atoms with van der Waals surface area (Å²) in [6.45, 7) is 5.41. The fourth-order valence-corrected chi connectivity index (χ4v) is 5.85. The van der Waals surface area contributed by atoms with E-state index in [0.29, 0.717) is 56.5 Å². The molecule has 9 nitrogen and oxygen atoms in total. The van der Waals surface area contributed by atoms with E-state index < -0.39 is 10.0 Å². The monoisotopic (exact) mass is 500 g/mol. The molecule has 2 amide bonds. The van der Waals surface area contributed by atoms with E-state index in [0.717, 1.165) is 11.3 Å². The number of piperazine rings is 1. The molecule has 1 unspecified atom stereocenters. The molecule has 0 spiro atoms. The van der Waals surface area contributed by atoms with Gasteiger partial charge < -0.3 is 15.0 Å². The number of benzene rings is 2. The van der Waals surface area contributed by atoms with Gasteiger partial charge in [-0.05, 0) is 43.3 Å². The van der Waals surface area contributed by atoms with Crippen LogP contribution in [0.4, 0.5) is 5.69 Å². The molecule has 2 saturated heterocycles. The molecule has 0 aromatic heterocycles. The number of hydrogen-bond acceptors (Lipinski definition) is 6. The third-order valence-corrected chi connectivity index (χ3v) is 8.51. The molecule has 2 aromatic rings. The van der Waals surface area contributed by atoms with Crippen molar-refractivity contribution in [3.05, 3.63) is 54.1 Å². The lowest BCUT2D eigenvalue weighted by atomic mass is 10.1. The van der Waals surface area contributed by atoms with Gasteiger partial charge in [-0.25, -0.2) is 8.42 Å². The van der Waals surface area contributed by atoms with Crippen molar-refractivity contribution in [3.8, 4) is 5.75 Å². The summed E-state index contributed by atoms with van der Waals surface area (Å²) in [5, 5.41) is 2.94. The summed E-state index contributed by atoms with van der Waals surface area (Å²) < 4.78 is 32.4. The minimum absolute atomic E-state index is 0.0683. The maximum Gasteiger partial charge on any atom is 0.243 e.